The van der Waals surface area contributed by atoms with Crippen molar-refractivity contribution in [1.29, 1.82) is 0 Å². The Morgan fingerprint density at radius 1 is 1.00 bits per heavy atom. The molecule has 4 nitrogen and oxygen atoms in total. The van der Waals surface area contributed by atoms with E-state index in [-0.39, 0.29) is 22.4 Å². The van der Waals surface area contributed by atoms with E-state index in [1.54, 1.807) is 0 Å². The van der Waals surface area contributed by atoms with Crippen molar-refractivity contribution in [3.8, 4) is 0 Å². The number of carboxylic acid groups (broad SMARTS) is 2. The summed E-state index contributed by atoms with van der Waals surface area (Å²) >= 11 is 0. The van der Waals surface area contributed by atoms with Gasteiger partial charge in [0, 0.05) is 0 Å². The largest absolute Gasteiger partial charge is 2.00 e. The Labute approximate surface area is 54.6 Å². The zero-order chi connectivity index (χ0) is 5.15. The monoisotopic (exact) mass is 269 g/mol. The molecule has 0 aromatic rings. The molecule has 0 N–H and O–H groups in total. The minimum atomic E-state index is -2.19. The predicted molar refractivity (Wildman–Crippen MR) is 10.0 cm³/mol. The number of carbonyl (C=O) groups excluding carboxylic acids is 2. The maximum absolute atomic E-state index is 8.93. The Morgan fingerprint density at radius 3 is 1.14 bits per heavy atom. The van der Waals surface area contributed by atoms with Crippen LogP contribution in [0.3, 0.4) is 0 Å². The van der Waals surface area contributed by atoms with Crippen LogP contribution in [0.5, 0.6) is 0 Å². The summed E-state index contributed by atoms with van der Waals surface area (Å²) in [4.78, 5) is 17.9. The van der Waals surface area contributed by atoms with E-state index in [2.05, 4.69) is 0 Å². The van der Waals surface area contributed by atoms with Gasteiger partial charge in [-0.05, 0) is 0 Å². The van der Waals surface area contributed by atoms with Gasteiger partial charge >= 0.3 is 22.4 Å². The van der Waals surface area contributed by atoms with Gasteiger partial charge < -0.3 is 19.8 Å². The quantitative estimate of drug-likeness (QED) is 0.427. The third-order valence-electron chi connectivity index (χ3n) is 0.167. The molecule has 0 aliphatic heterocycles. The zero-order valence-electron chi connectivity index (χ0n) is 3.08. The van der Waals surface area contributed by atoms with E-state index in [9.17, 15) is 0 Å². The van der Waals surface area contributed by atoms with E-state index < -0.39 is 11.9 Å². The summed E-state index contributed by atoms with van der Waals surface area (Å²) in [6, 6.07) is 0. The molecule has 0 bridgehead atoms. The van der Waals surface area contributed by atoms with Gasteiger partial charge in [0.1, 0.15) is 0 Å². The van der Waals surface area contributed by atoms with Crippen molar-refractivity contribution in [1.82, 2.24) is 0 Å². The topological polar surface area (TPSA) is 80.3 Å². The van der Waals surface area contributed by atoms with E-state index >= 15 is 0 Å². The number of rotatable bonds is 0. The van der Waals surface area contributed by atoms with Crippen molar-refractivity contribution in [2.45, 2.75) is 0 Å². The summed E-state index contributed by atoms with van der Waals surface area (Å²) in [6.45, 7) is 0. The molecule has 37 valence electrons. The molecule has 0 amide bonds. The maximum atomic E-state index is 8.93. The van der Waals surface area contributed by atoms with Crippen LogP contribution in [-0.4, -0.2) is 11.9 Å². The van der Waals surface area contributed by atoms with Crippen LogP contribution >= 0.6 is 0 Å². The number of carbonyl (C=O) groups is 2. The molecule has 0 aliphatic carbocycles. The van der Waals surface area contributed by atoms with Gasteiger partial charge in [0.2, 0.25) is 0 Å². The van der Waals surface area contributed by atoms with Crippen molar-refractivity contribution in [2.75, 3.05) is 0 Å². The molecule has 0 spiro atoms. The molecular formula is C2O4Ta. The Hall–Kier alpha value is -0.320. The molecule has 0 fully saturated rings. The summed E-state index contributed by atoms with van der Waals surface area (Å²) in [5.74, 6) is -4.37. The Kier molecular flexibility index (Phi) is 5.42. The molecule has 0 atom stereocenters. The second kappa shape index (κ2) is 3.86. The first-order valence-corrected chi connectivity index (χ1v) is 1.07. The fourth-order valence-electron chi connectivity index (χ4n) is 0. The van der Waals surface area contributed by atoms with E-state index in [4.69, 9.17) is 19.8 Å². The van der Waals surface area contributed by atoms with Crippen molar-refractivity contribution < 1.29 is 42.2 Å². The normalized spacial score (nSPS) is 6.29. The molecule has 0 aromatic heterocycles. The van der Waals surface area contributed by atoms with Crippen LogP contribution in [-0.2, 0) is 32.0 Å². The van der Waals surface area contributed by atoms with Gasteiger partial charge in [-0.2, -0.15) is 0 Å². The standard InChI is InChI=1S/C2H2O4.Ta/c3-1(4)2(5)6;/h(H,3,4)(H,5,6);/q;+2/p-2. The molecular weight excluding hydrogens is 269 g/mol. The van der Waals surface area contributed by atoms with Crippen LogP contribution in [0.4, 0.5) is 0 Å². The molecule has 0 heterocycles. The minimum Gasteiger partial charge on any atom is -0.543 e. The Morgan fingerprint density at radius 2 is 1.14 bits per heavy atom. The van der Waals surface area contributed by atoms with Crippen molar-refractivity contribution in [2.24, 2.45) is 0 Å². The van der Waals surface area contributed by atoms with E-state index in [1.165, 1.54) is 0 Å². The first kappa shape index (κ1) is 9.84. The molecule has 0 saturated carbocycles. The Bertz CT molecular complexity index is 75.7. The van der Waals surface area contributed by atoms with Crippen LogP contribution in [0.15, 0.2) is 0 Å². The molecule has 0 saturated heterocycles. The first-order valence-electron chi connectivity index (χ1n) is 1.07. The third-order valence-corrected chi connectivity index (χ3v) is 0.167. The van der Waals surface area contributed by atoms with Gasteiger partial charge in [-0.1, -0.05) is 0 Å². The fraction of sp³-hybridized carbons (Fsp3) is 0. The van der Waals surface area contributed by atoms with Crippen LogP contribution < -0.4 is 10.2 Å². The first-order chi connectivity index (χ1) is 2.64. The van der Waals surface area contributed by atoms with Crippen LogP contribution in [0.1, 0.15) is 0 Å². The van der Waals surface area contributed by atoms with E-state index in [1.807, 2.05) is 0 Å². The van der Waals surface area contributed by atoms with Crippen LogP contribution in [0.25, 0.3) is 0 Å². The molecule has 7 heavy (non-hydrogen) atoms. The number of hydrogen-bond acceptors (Lipinski definition) is 4. The SMILES string of the molecule is O=C([O-])C(=O)[O-].[Ta+2]. The van der Waals surface area contributed by atoms with Gasteiger partial charge in [-0.25, -0.2) is 0 Å². The van der Waals surface area contributed by atoms with Gasteiger partial charge in [-0.15, -0.1) is 0 Å². The summed E-state index contributed by atoms with van der Waals surface area (Å²) in [6.07, 6.45) is 0. The average molecular weight is 269 g/mol. The molecule has 0 unspecified atom stereocenters. The van der Waals surface area contributed by atoms with Crippen molar-refractivity contribution in [3.63, 3.8) is 0 Å². The van der Waals surface area contributed by atoms with Crippen molar-refractivity contribution >= 4 is 11.9 Å². The van der Waals surface area contributed by atoms with E-state index in [0.29, 0.717) is 0 Å². The Balaban J connectivity index is 0. The zero-order valence-corrected chi connectivity index (χ0v) is 6.29. The third kappa shape index (κ3) is 5.68. The van der Waals surface area contributed by atoms with Crippen LogP contribution in [0, 0.1) is 0 Å². The molecule has 5 heteroatoms. The minimum absolute atomic E-state index is 0. The maximum Gasteiger partial charge on any atom is 2.00 e. The molecule has 0 aliphatic rings. The van der Waals surface area contributed by atoms with Crippen LogP contribution in [0.2, 0.25) is 0 Å². The van der Waals surface area contributed by atoms with Gasteiger partial charge in [-0.3, -0.25) is 0 Å². The van der Waals surface area contributed by atoms with Gasteiger partial charge in [0.25, 0.3) is 0 Å². The fourth-order valence-corrected chi connectivity index (χ4v) is 0. The summed E-state index contributed by atoms with van der Waals surface area (Å²) < 4.78 is 0. The molecule has 1 radical (unpaired) electrons. The number of aliphatic carboxylic acids is 2. The average Bonchev–Trinajstić information content (AvgIpc) is 1.36. The van der Waals surface area contributed by atoms with Gasteiger partial charge in [0.15, 0.2) is 0 Å². The summed E-state index contributed by atoms with van der Waals surface area (Å²) in [7, 11) is 0. The number of hydrogen-bond donors (Lipinski definition) is 0. The molecule has 0 rings (SSSR count). The van der Waals surface area contributed by atoms with E-state index in [0.717, 1.165) is 0 Å². The second-order valence-corrected chi connectivity index (χ2v) is 0.575. The summed E-state index contributed by atoms with van der Waals surface area (Å²) in [5.41, 5.74) is 0. The van der Waals surface area contributed by atoms with Crippen molar-refractivity contribution in [3.05, 3.63) is 0 Å². The second-order valence-electron chi connectivity index (χ2n) is 0.575. The van der Waals surface area contributed by atoms with Gasteiger partial charge in [0.05, 0.1) is 11.9 Å². The smallest absolute Gasteiger partial charge is 0.543 e. The molecule has 0 aromatic carbocycles. The number of carboxylic acids is 2. The predicted octanol–water partition coefficient (Wildman–Crippen LogP) is -3.52. The summed E-state index contributed by atoms with van der Waals surface area (Å²) in [5, 5.41) is 17.9.